The molecule has 2 atom stereocenters. The van der Waals surface area contributed by atoms with Gasteiger partial charge in [0, 0.05) is 0 Å². The zero-order chi connectivity index (χ0) is 4.69. The van der Waals surface area contributed by atoms with Crippen molar-refractivity contribution in [3.63, 3.8) is 0 Å². The first-order valence-corrected chi connectivity index (χ1v) is 3.28. The third kappa shape index (κ3) is 0.568. The molecule has 0 aliphatic heterocycles. The van der Waals surface area contributed by atoms with Gasteiger partial charge in [0.15, 0.2) is 0 Å². The van der Waals surface area contributed by atoms with Crippen LogP contribution in [0.25, 0.3) is 0 Å². The minimum Gasteiger partial charge on any atom is -0.0499 e. The zero-order valence-corrected chi connectivity index (χ0v) is 4.56. The van der Waals surface area contributed by atoms with Crippen LogP contribution < -0.4 is 0 Å². The molecule has 2 aliphatic carbocycles. The highest BCUT2D eigenvalue weighted by Gasteiger charge is 2.37. The predicted molar refractivity (Wildman–Crippen MR) is 29.7 cm³/mol. The smallest absolute Gasteiger partial charge is 0.0380 e. The van der Waals surface area contributed by atoms with Gasteiger partial charge in [0.05, 0.1) is 0 Å². The van der Waals surface area contributed by atoms with Gasteiger partial charge < -0.3 is 0 Å². The molecular formula is C7H11. The van der Waals surface area contributed by atoms with Crippen molar-refractivity contribution >= 4 is 0 Å². The predicted octanol–water partition coefficient (Wildman–Crippen LogP) is 2.01. The Balaban J connectivity index is 1.95. The summed E-state index contributed by atoms with van der Waals surface area (Å²) in [5.74, 6) is 2.32. The number of hydrogen-bond donors (Lipinski definition) is 0. The lowest BCUT2D eigenvalue weighted by Crippen LogP contribution is -1.92. The van der Waals surface area contributed by atoms with Crippen LogP contribution in [0.1, 0.15) is 25.7 Å². The van der Waals surface area contributed by atoms with Gasteiger partial charge in [-0.25, -0.2) is 0 Å². The summed E-state index contributed by atoms with van der Waals surface area (Å²) in [5, 5.41) is 0. The van der Waals surface area contributed by atoms with Crippen LogP contribution in [0.3, 0.4) is 0 Å². The molecule has 0 spiro atoms. The Morgan fingerprint density at radius 1 is 1.29 bits per heavy atom. The molecule has 2 fully saturated rings. The van der Waals surface area contributed by atoms with Crippen molar-refractivity contribution in [3.8, 4) is 0 Å². The maximum Gasteiger partial charge on any atom is -0.0380 e. The van der Waals surface area contributed by atoms with Gasteiger partial charge in [-0.15, -0.1) is 0 Å². The summed E-state index contributed by atoms with van der Waals surface area (Å²) in [7, 11) is 0. The summed E-state index contributed by atoms with van der Waals surface area (Å²) in [6.07, 6.45) is 8.35. The molecule has 0 heteroatoms. The van der Waals surface area contributed by atoms with E-state index in [1.165, 1.54) is 25.2 Å². The molecule has 2 aliphatic rings. The second-order valence-electron chi connectivity index (χ2n) is 2.86. The van der Waals surface area contributed by atoms with Crippen LogP contribution in [0.5, 0.6) is 0 Å². The van der Waals surface area contributed by atoms with Crippen LogP contribution in [-0.4, -0.2) is 0 Å². The Morgan fingerprint density at radius 2 is 2.29 bits per heavy atom. The molecule has 0 aromatic heterocycles. The van der Waals surface area contributed by atoms with Gasteiger partial charge in [0.1, 0.15) is 0 Å². The van der Waals surface area contributed by atoms with E-state index in [0.717, 1.165) is 5.92 Å². The molecule has 39 valence electrons. The normalized spacial score (nSPS) is 48.0. The van der Waals surface area contributed by atoms with Crippen molar-refractivity contribution < 1.29 is 0 Å². The molecule has 2 saturated carbocycles. The lowest BCUT2D eigenvalue weighted by molar-refractivity contribution is 0.562. The van der Waals surface area contributed by atoms with Crippen LogP contribution in [0.15, 0.2) is 0 Å². The number of hydrogen-bond acceptors (Lipinski definition) is 0. The molecule has 0 nitrogen and oxygen atoms in total. The van der Waals surface area contributed by atoms with E-state index >= 15 is 0 Å². The van der Waals surface area contributed by atoms with Crippen LogP contribution in [0.2, 0.25) is 0 Å². The molecule has 7 heavy (non-hydrogen) atoms. The Kier molecular flexibility index (Phi) is 0.697. The minimum atomic E-state index is 1.15. The molecule has 0 amide bonds. The van der Waals surface area contributed by atoms with Gasteiger partial charge in [-0.1, -0.05) is 0 Å². The van der Waals surface area contributed by atoms with E-state index < -0.39 is 0 Å². The highest BCUT2D eigenvalue weighted by Crippen LogP contribution is 2.48. The second-order valence-corrected chi connectivity index (χ2v) is 2.86. The fourth-order valence-corrected chi connectivity index (χ4v) is 1.62. The molecule has 1 radical (unpaired) electrons. The van der Waals surface area contributed by atoms with Crippen LogP contribution in [0, 0.1) is 18.3 Å². The van der Waals surface area contributed by atoms with Crippen LogP contribution in [-0.2, 0) is 0 Å². The fraction of sp³-hybridized carbons (Fsp3) is 0.857. The zero-order valence-electron chi connectivity index (χ0n) is 4.56. The van der Waals surface area contributed by atoms with Crippen molar-refractivity contribution in [1.82, 2.24) is 0 Å². The van der Waals surface area contributed by atoms with E-state index in [4.69, 9.17) is 0 Å². The van der Waals surface area contributed by atoms with Gasteiger partial charge in [-0.05, 0) is 43.9 Å². The summed E-state index contributed by atoms with van der Waals surface area (Å²) in [6, 6.07) is 0. The number of rotatable bonds is 0. The largest absolute Gasteiger partial charge is 0.0499 e. The van der Waals surface area contributed by atoms with Gasteiger partial charge in [-0.2, -0.15) is 0 Å². The molecule has 2 unspecified atom stereocenters. The average molecular weight is 95.2 g/mol. The Hall–Kier alpha value is 0. The fourth-order valence-electron chi connectivity index (χ4n) is 1.62. The molecule has 0 bridgehead atoms. The SMILES string of the molecule is [CH]1CCC2CC2C1. The first-order chi connectivity index (χ1) is 3.47. The van der Waals surface area contributed by atoms with Crippen molar-refractivity contribution in [3.05, 3.63) is 6.42 Å². The molecule has 2 rings (SSSR count). The van der Waals surface area contributed by atoms with Gasteiger partial charge in [0.2, 0.25) is 0 Å². The Bertz CT molecular complexity index is 66.1. The van der Waals surface area contributed by atoms with E-state index in [2.05, 4.69) is 6.42 Å². The highest BCUT2D eigenvalue weighted by molar-refractivity contribution is 4.94. The minimum absolute atomic E-state index is 1.15. The van der Waals surface area contributed by atoms with Crippen molar-refractivity contribution in [2.75, 3.05) is 0 Å². The van der Waals surface area contributed by atoms with Crippen LogP contribution >= 0.6 is 0 Å². The third-order valence-electron chi connectivity index (χ3n) is 2.28. The van der Waals surface area contributed by atoms with E-state index in [0.29, 0.717) is 0 Å². The molecule has 0 saturated heterocycles. The van der Waals surface area contributed by atoms with Gasteiger partial charge >= 0.3 is 0 Å². The highest BCUT2D eigenvalue weighted by atomic mass is 14.4. The van der Waals surface area contributed by atoms with Crippen molar-refractivity contribution in [1.29, 1.82) is 0 Å². The van der Waals surface area contributed by atoms with Crippen molar-refractivity contribution in [2.45, 2.75) is 25.7 Å². The molecule has 0 N–H and O–H groups in total. The van der Waals surface area contributed by atoms with E-state index in [1.807, 2.05) is 0 Å². The molecule has 0 aromatic rings. The Labute approximate surface area is 44.9 Å². The Morgan fingerprint density at radius 3 is 2.86 bits per heavy atom. The quantitative estimate of drug-likeness (QED) is 0.431. The first kappa shape index (κ1) is 3.94. The monoisotopic (exact) mass is 95.1 g/mol. The maximum atomic E-state index is 2.45. The standard InChI is InChI=1S/C7H11/c1-2-4-7-5-6(7)3-1/h1,6-7H,2-5H2. The van der Waals surface area contributed by atoms with Gasteiger partial charge in [0.25, 0.3) is 0 Å². The van der Waals surface area contributed by atoms with E-state index in [9.17, 15) is 0 Å². The molecule has 0 aromatic carbocycles. The summed E-state index contributed by atoms with van der Waals surface area (Å²) in [5.41, 5.74) is 0. The summed E-state index contributed by atoms with van der Waals surface area (Å²) >= 11 is 0. The lowest BCUT2D eigenvalue weighted by atomic mass is 10.0. The summed E-state index contributed by atoms with van der Waals surface area (Å²) in [4.78, 5) is 0. The van der Waals surface area contributed by atoms with Gasteiger partial charge in [-0.3, -0.25) is 0 Å². The molecule has 0 heterocycles. The first-order valence-electron chi connectivity index (χ1n) is 3.28. The summed E-state index contributed by atoms with van der Waals surface area (Å²) < 4.78 is 0. The second kappa shape index (κ2) is 1.24. The van der Waals surface area contributed by atoms with E-state index in [1.54, 1.807) is 6.42 Å². The number of fused-ring (bicyclic) bond motifs is 1. The lowest BCUT2D eigenvalue weighted by Gasteiger charge is -2.04. The average Bonchev–Trinajstić information content (AvgIpc) is 2.41. The van der Waals surface area contributed by atoms with E-state index in [-0.39, 0.29) is 0 Å². The molecular weight excluding hydrogens is 84.1 g/mol. The summed E-state index contributed by atoms with van der Waals surface area (Å²) in [6.45, 7) is 0. The maximum absolute atomic E-state index is 2.45. The topological polar surface area (TPSA) is 0 Å². The van der Waals surface area contributed by atoms with Crippen molar-refractivity contribution in [2.24, 2.45) is 11.8 Å². The third-order valence-corrected chi connectivity index (χ3v) is 2.28. The van der Waals surface area contributed by atoms with Crippen LogP contribution in [0.4, 0.5) is 0 Å².